The number of hydrogen-bond acceptors (Lipinski definition) is 4. The molecule has 7 heteroatoms. The molecule has 2 aromatic rings. The zero-order chi connectivity index (χ0) is 14.8. The Hall–Kier alpha value is -2.28. The Labute approximate surface area is 116 Å². The Balaban J connectivity index is 2.33. The van der Waals surface area contributed by atoms with E-state index in [1.54, 1.807) is 32.2 Å². The molecule has 106 valence electrons. The molecule has 0 bridgehead atoms. The van der Waals surface area contributed by atoms with Gasteiger partial charge in [0.1, 0.15) is 10.6 Å². The van der Waals surface area contributed by atoms with Gasteiger partial charge >= 0.3 is 0 Å². The zero-order valence-corrected chi connectivity index (χ0v) is 11.8. The number of H-pyrrole nitrogens is 1. The summed E-state index contributed by atoms with van der Waals surface area (Å²) in [5.41, 5.74) is 0.832. The first kappa shape index (κ1) is 14.1. The minimum absolute atomic E-state index is 0.00711. The molecule has 2 rings (SSSR count). The summed E-state index contributed by atoms with van der Waals surface area (Å²) in [6, 6.07) is 7.43. The third-order valence-corrected chi connectivity index (χ3v) is 4.11. The molecule has 2 N–H and O–H groups in total. The number of aromatic nitrogens is 1. The maximum Gasteiger partial charge on any atom is 0.263 e. The largest absolute Gasteiger partial charge is 0.497 e. The number of ether oxygens (including phenoxy) is 1. The van der Waals surface area contributed by atoms with Crippen molar-refractivity contribution < 1.29 is 13.2 Å². The minimum atomic E-state index is -3.73. The topological polar surface area (TPSA) is 88.3 Å². The molecule has 0 radical (unpaired) electrons. The Morgan fingerprint density at radius 1 is 1.20 bits per heavy atom. The van der Waals surface area contributed by atoms with E-state index in [-0.39, 0.29) is 10.5 Å². The van der Waals surface area contributed by atoms with Gasteiger partial charge in [0.05, 0.1) is 12.8 Å². The van der Waals surface area contributed by atoms with Gasteiger partial charge in [-0.1, -0.05) is 0 Å². The summed E-state index contributed by atoms with van der Waals surface area (Å²) in [5, 5.41) is 0. The van der Waals surface area contributed by atoms with Gasteiger partial charge in [-0.3, -0.25) is 9.52 Å². The summed E-state index contributed by atoms with van der Waals surface area (Å²) in [6.07, 6.45) is 1.16. The zero-order valence-electron chi connectivity index (χ0n) is 11.0. The fourth-order valence-corrected chi connectivity index (χ4v) is 2.74. The molecule has 0 aliphatic carbocycles. The molecule has 0 aliphatic heterocycles. The quantitative estimate of drug-likeness (QED) is 0.894. The second-order valence-electron chi connectivity index (χ2n) is 4.17. The Bertz CT molecular complexity index is 761. The number of pyridine rings is 1. The van der Waals surface area contributed by atoms with Crippen molar-refractivity contribution in [2.24, 2.45) is 0 Å². The number of nitrogens with one attached hydrogen (secondary N) is 2. The van der Waals surface area contributed by atoms with Crippen molar-refractivity contribution in [3.05, 3.63) is 52.4 Å². The number of methoxy groups -OCH3 is 1. The second-order valence-corrected chi connectivity index (χ2v) is 5.86. The van der Waals surface area contributed by atoms with E-state index in [9.17, 15) is 13.2 Å². The summed E-state index contributed by atoms with van der Waals surface area (Å²) in [4.78, 5) is 13.3. The summed E-state index contributed by atoms with van der Waals surface area (Å²) in [5.74, 6) is 0.648. The van der Waals surface area contributed by atoms with Crippen LogP contribution in [0.1, 0.15) is 5.56 Å². The van der Waals surface area contributed by atoms with Crippen LogP contribution in [0.2, 0.25) is 0 Å². The first-order valence-corrected chi connectivity index (χ1v) is 7.27. The lowest BCUT2D eigenvalue weighted by molar-refractivity contribution is 0.414. The molecule has 1 aromatic carbocycles. The Morgan fingerprint density at radius 3 is 2.50 bits per heavy atom. The molecule has 0 fully saturated rings. The van der Waals surface area contributed by atoms with Gasteiger partial charge in [0, 0.05) is 12.3 Å². The van der Waals surface area contributed by atoms with Gasteiger partial charge in [-0.2, -0.15) is 0 Å². The average molecular weight is 294 g/mol. The lowest BCUT2D eigenvalue weighted by Gasteiger charge is -2.11. The van der Waals surface area contributed by atoms with Crippen LogP contribution < -0.4 is 15.0 Å². The summed E-state index contributed by atoms with van der Waals surface area (Å²) >= 11 is 0. The highest BCUT2D eigenvalue weighted by molar-refractivity contribution is 7.92. The third-order valence-electron chi connectivity index (χ3n) is 2.74. The van der Waals surface area contributed by atoms with Crippen LogP contribution in [0.3, 0.4) is 0 Å². The maximum absolute atomic E-state index is 12.2. The SMILES string of the molecule is COc1ccc(NS(=O)(=O)c2ccc(=O)[nH]c2)c(C)c1. The summed E-state index contributed by atoms with van der Waals surface area (Å²) in [7, 11) is -2.19. The van der Waals surface area contributed by atoms with Gasteiger partial charge in [0.15, 0.2) is 0 Å². The van der Waals surface area contributed by atoms with Gasteiger partial charge in [0.2, 0.25) is 5.56 Å². The van der Waals surface area contributed by atoms with Gasteiger partial charge in [-0.15, -0.1) is 0 Å². The Morgan fingerprint density at radius 2 is 1.95 bits per heavy atom. The molecule has 0 unspecified atom stereocenters. The lowest BCUT2D eigenvalue weighted by atomic mass is 10.2. The maximum atomic E-state index is 12.2. The van der Waals surface area contributed by atoms with Crippen molar-refractivity contribution in [2.75, 3.05) is 11.8 Å². The number of aromatic amines is 1. The molecule has 0 saturated heterocycles. The number of anilines is 1. The van der Waals surface area contributed by atoms with E-state index in [4.69, 9.17) is 4.74 Å². The molecule has 0 aliphatic rings. The van der Waals surface area contributed by atoms with Crippen LogP contribution in [0.5, 0.6) is 5.75 Å². The van der Waals surface area contributed by atoms with E-state index in [2.05, 4.69) is 9.71 Å². The van der Waals surface area contributed by atoms with Gasteiger partial charge < -0.3 is 9.72 Å². The van der Waals surface area contributed by atoms with Crippen LogP contribution >= 0.6 is 0 Å². The minimum Gasteiger partial charge on any atom is -0.497 e. The number of rotatable bonds is 4. The second kappa shape index (κ2) is 5.38. The fraction of sp³-hybridized carbons (Fsp3) is 0.154. The van der Waals surface area contributed by atoms with Gasteiger partial charge in [-0.05, 0) is 36.8 Å². The van der Waals surface area contributed by atoms with E-state index >= 15 is 0 Å². The number of benzene rings is 1. The van der Waals surface area contributed by atoms with Crippen molar-refractivity contribution in [3.8, 4) is 5.75 Å². The molecular weight excluding hydrogens is 280 g/mol. The van der Waals surface area contributed by atoms with E-state index in [1.807, 2.05) is 0 Å². The van der Waals surface area contributed by atoms with Crippen molar-refractivity contribution in [2.45, 2.75) is 11.8 Å². The third kappa shape index (κ3) is 3.00. The van der Waals surface area contributed by atoms with Gasteiger partial charge in [-0.25, -0.2) is 8.42 Å². The van der Waals surface area contributed by atoms with Gasteiger partial charge in [0.25, 0.3) is 10.0 Å². The highest BCUT2D eigenvalue weighted by atomic mass is 32.2. The van der Waals surface area contributed by atoms with E-state index in [0.717, 1.165) is 17.8 Å². The first-order chi connectivity index (χ1) is 9.42. The molecule has 1 aromatic heterocycles. The van der Waals surface area contributed by atoms with Crippen molar-refractivity contribution in [1.29, 1.82) is 0 Å². The molecule has 0 amide bonds. The van der Waals surface area contributed by atoms with Crippen LogP contribution in [-0.4, -0.2) is 20.5 Å². The highest BCUT2D eigenvalue weighted by Gasteiger charge is 2.15. The predicted octanol–water partition coefficient (Wildman–Crippen LogP) is 1.49. The predicted molar refractivity (Wildman–Crippen MR) is 75.6 cm³/mol. The molecule has 1 heterocycles. The highest BCUT2D eigenvalue weighted by Crippen LogP contribution is 2.23. The van der Waals surface area contributed by atoms with E-state index in [0.29, 0.717) is 11.4 Å². The fourth-order valence-electron chi connectivity index (χ4n) is 1.64. The number of hydrogen-bond donors (Lipinski definition) is 2. The number of sulfonamides is 1. The van der Waals surface area contributed by atoms with E-state index in [1.165, 1.54) is 6.07 Å². The molecular formula is C13H14N2O4S. The first-order valence-electron chi connectivity index (χ1n) is 5.78. The van der Waals surface area contributed by atoms with Crippen molar-refractivity contribution in [1.82, 2.24) is 4.98 Å². The average Bonchev–Trinajstić information content (AvgIpc) is 2.41. The summed E-state index contributed by atoms with van der Waals surface area (Å²) in [6.45, 7) is 1.77. The van der Waals surface area contributed by atoms with Crippen LogP contribution in [0.25, 0.3) is 0 Å². The van der Waals surface area contributed by atoms with Crippen molar-refractivity contribution >= 4 is 15.7 Å². The Kier molecular flexibility index (Phi) is 3.80. The molecule has 6 nitrogen and oxygen atoms in total. The molecule has 20 heavy (non-hydrogen) atoms. The van der Waals surface area contributed by atoms with Crippen LogP contribution in [0, 0.1) is 6.92 Å². The monoisotopic (exact) mass is 294 g/mol. The molecule has 0 saturated carbocycles. The van der Waals surface area contributed by atoms with Crippen LogP contribution in [0.15, 0.2) is 46.2 Å². The van der Waals surface area contributed by atoms with E-state index < -0.39 is 10.0 Å². The normalized spacial score (nSPS) is 11.1. The van der Waals surface area contributed by atoms with Crippen molar-refractivity contribution in [3.63, 3.8) is 0 Å². The van der Waals surface area contributed by atoms with Crippen LogP contribution in [0.4, 0.5) is 5.69 Å². The number of aryl methyl sites for hydroxylation is 1. The smallest absolute Gasteiger partial charge is 0.263 e. The van der Waals surface area contributed by atoms with Crippen LogP contribution in [-0.2, 0) is 10.0 Å². The standard InChI is InChI=1S/C13H14N2O4S/c1-9-7-10(19-2)3-5-12(9)15-20(17,18)11-4-6-13(16)14-8-11/h3-8,15H,1-2H3,(H,14,16). The molecule has 0 atom stereocenters. The summed E-state index contributed by atoms with van der Waals surface area (Å²) < 4.78 is 31.8. The lowest BCUT2D eigenvalue weighted by Crippen LogP contribution is -2.15. The molecule has 0 spiro atoms.